The Balaban J connectivity index is 1.59. The SMILES string of the molecule is Cc1c(Cc2cccc(NS(=O)(=O)N3CCN(C)CC3)c2)c(=O)oc2ccc(Cl)cc12. The van der Waals surface area contributed by atoms with E-state index in [1.807, 2.05) is 20.0 Å². The van der Waals surface area contributed by atoms with Gasteiger partial charge in [-0.25, -0.2) is 4.79 Å². The Morgan fingerprint density at radius 2 is 1.84 bits per heavy atom. The van der Waals surface area contributed by atoms with Crippen molar-refractivity contribution in [3.05, 3.63) is 74.6 Å². The molecular formula is C22H24ClN3O4S. The van der Waals surface area contributed by atoms with Crippen LogP contribution in [0.15, 0.2) is 51.7 Å². The summed E-state index contributed by atoms with van der Waals surface area (Å²) in [4.78, 5) is 14.7. The summed E-state index contributed by atoms with van der Waals surface area (Å²) >= 11 is 6.11. The fourth-order valence-electron chi connectivity index (χ4n) is 3.76. The van der Waals surface area contributed by atoms with Gasteiger partial charge >= 0.3 is 15.8 Å². The smallest absolute Gasteiger partial charge is 0.340 e. The zero-order valence-corrected chi connectivity index (χ0v) is 19.0. The minimum Gasteiger partial charge on any atom is -0.423 e. The fraction of sp³-hybridized carbons (Fsp3) is 0.318. The predicted octanol–water partition coefficient (Wildman–Crippen LogP) is 3.25. The number of rotatable bonds is 5. The van der Waals surface area contributed by atoms with E-state index in [0.717, 1.165) is 16.5 Å². The van der Waals surface area contributed by atoms with Gasteiger partial charge in [0.25, 0.3) is 0 Å². The van der Waals surface area contributed by atoms with Crippen LogP contribution in [0.25, 0.3) is 11.0 Å². The molecule has 0 unspecified atom stereocenters. The van der Waals surface area contributed by atoms with Crippen LogP contribution in [-0.4, -0.2) is 50.8 Å². The third-order valence-electron chi connectivity index (χ3n) is 5.60. The molecule has 2 aromatic carbocycles. The highest BCUT2D eigenvalue weighted by Crippen LogP contribution is 2.25. The molecule has 7 nitrogen and oxygen atoms in total. The van der Waals surface area contributed by atoms with Gasteiger partial charge in [0.05, 0.1) is 5.69 Å². The number of nitrogens with one attached hydrogen (secondary N) is 1. The normalized spacial score (nSPS) is 16.0. The molecule has 0 radical (unpaired) electrons. The molecule has 1 aromatic heterocycles. The van der Waals surface area contributed by atoms with E-state index in [9.17, 15) is 13.2 Å². The molecule has 0 spiro atoms. The first-order valence-corrected chi connectivity index (χ1v) is 11.8. The molecule has 31 heavy (non-hydrogen) atoms. The number of piperazine rings is 1. The summed E-state index contributed by atoms with van der Waals surface area (Å²) in [5, 5.41) is 1.35. The van der Waals surface area contributed by atoms with Gasteiger partial charge in [0.2, 0.25) is 0 Å². The van der Waals surface area contributed by atoms with Gasteiger partial charge in [0.1, 0.15) is 5.58 Å². The molecule has 1 aliphatic heterocycles. The van der Waals surface area contributed by atoms with Crippen molar-refractivity contribution >= 4 is 38.5 Å². The van der Waals surface area contributed by atoms with Crippen molar-refractivity contribution in [1.82, 2.24) is 9.21 Å². The van der Waals surface area contributed by atoms with E-state index in [1.165, 1.54) is 4.31 Å². The first-order valence-electron chi connectivity index (χ1n) is 10.0. The molecule has 4 rings (SSSR count). The highest BCUT2D eigenvalue weighted by atomic mass is 35.5. The molecule has 0 atom stereocenters. The maximum absolute atomic E-state index is 12.7. The second-order valence-electron chi connectivity index (χ2n) is 7.82. The average Bonchev–Trinajstić information content (AvgIpc) is 2.72. The molecule has 2 heterocycles. The Hall–Kier alpha value is -2.39. The van der Waals surface area contributed by atoms with Gasteiger partial charge in [0, 0.05) is 48.6 Å². The maximum Gasteiger partial charge on any atom is 0.340 e. The van der Waals surface area contributed by atoms with Crippen molar-refractivity contribution in [2.45, 2.75) is 13.3 Å². The van der Waals surface area contributed by atoms with Crippen molar-refractivity contribution in [2.24, 2.45) is 0 Å². The average molecular weight is 462 g/mol. The van der Waals surface area contributed by atoms with Crippen molar-refractivity contribution in [3.63, 3.8) is 0 Å². The number of anilines is 1. The number of benzene rings is 2. The lowest BCUT2D eigenvalue weighted by Gasteiger charge is -2.31. The number of fused-ring (bicyclic) bond motifs is 1. The van der Waals surface area contributed by atoms with Gasteiger partial charge in [-0.2, -0.15) is 12.7 Å². The van der Waals surface area contributed by atoms with Crippen LogP contribution in [0.5, 0.6) is 0 Å². The van der Waals surface area contributed by atoms with Crippen LogP contribution in [0.2, 0.25) is 5.02 Å². The number of halogens is 1. The van der Waals surface area contributed by atoms with Crippen molar-refractivity contribution in [2.75, 3.05) is 37.9 Å². The maximum atomic E-state index is 12.7. The van der Waals surface area contributed by atoms with Crippen LogP contribution in [-0.2, 0) is 16.6 Å². The van der Waals surface area contributed by atoms with Crippen molar-refractivity contribution in [3.8, 4) is 0 Å². The Morgan fingerprint density at radius 3 is 2.58 bits per heavy atom. The van der Waals surface area contributed by atoms with Gasteiger partial charge in [0.15, 0.2) is 0 Å². The second-order valence-corrected chi connectivity index (χ2v) is 9.93. The van der Waals surface area contributed by atoms with Crippen molar-refractivity contribution < 1.29 is 12.8 Å². The number of nitrogens with zero attached hydrogens (tertiary/aromatic N) is 2. The van der Waals surface area contributed by atoms with E-state index in [2.05, 4.69) is 9.62 Å². The van der Waals surface area contributed by atoms with Gasteiger partial charge in [-0.3, -0.25) is 4.72 Å². The summed E-state index contributed by atoms with van der Waals surface area (Å²) in [5.74, 6) is 0. The van der Waals surface area contributed by atoms with Gasteiger partial charge in [-0.15, -0.1) is 0 Å². The molecule has 1 fully saturated rings. The summed E-state index contributed by atoms with van der Waals surface area (Å²) in [6, 6.07) is 12.2. The van der Waals surface area contributed by atoms with E-state index >= 15 is 0 Å². The van der Waals surface area contributed by atoms with Gasteiger partial charge in [-0.1, -0.05) is 23.7 Å². The zero-order valence-electron chi connectivity index (χ0n) is 17.4. The number of hydrogen-bond donors (Lipinski definition) is 1. The molecule has 0 aliphatic carbocycles. The quantitative estimate of drug-likeness (QED) is 0.590. The summed E-state index contributed by atoms with van der Waals surface area (Å²) in [7, 11) is -1.67. The standard InChI is InChI=1S/C22H24ClN3O4S/c1-15-19-14-17(23)6-7-21(19)30-22(27)20(15)13-16-4-3-5-18(12-16)24-31(28,29)26-10-8-25(2)9-11-26/h3-7,12,14,24H,8-11,13H2,1-2H3. The molecule has 9 heteroatoms. The fourth-order valence-corrected chi connectivity index (χ4v) is 5.13. The van der Waals surface area contributed by atoms with Gasteiger partial charge in [-0.05, 0) is 55.4 Å². The third-order valence-corrected chi connectivity index (χ3v) is 7.38. The van der Waals surface area contributed by atoms with Crippen molar-refractivity contribution in [1.29, 1.82) is 0 Å². The second kappa shape index (κ2) is 8.63. The lowest BCUT2D eigenvalue weighted by molar-refractivity contribution is 0.223. The number of hydrogen-bond acceptors (Lipinski definition) is 5. The minimum atomic E-state index is -3.64. The monoisotopic (exact) mass is 461 g/mol. The van der Waals surface area contributed by atoms with E-state index in [1.54, 1.807) is 36.4 Å². The van der Waals surface area contributed by atoms with Crippen LogP contribution in [0.1, 0.15) is 16.7 Å². The first kappa shape index (κ1) is 21.8. The molecule has 0 saturated carbocycles. The van der Waals surface area contributed by atoms with Crippen LogP contribution >= 0.6 is 11.6 Å². The molecule has 3 aromatic rings. The summed E-state index contributed by atoms with van der Waals surface area (Å²) < 4.78 is 35.0. The summed E-state index contributed by atoms with van der Waals surface area (Å²) in [6.07, 6.45) is 0.320. The lowest BCUT2D eigenvalue weighted by atomic mass is 9.99. The lowest BCUT2D eigenvalue weighted by Crippen LogP contribution is -2.48. The molecular weight excluding hydrogens is 438 g/mol. The predicted molar refractivity (Wildman–Crippen MR) is 123 cm³/mol. The summed E-state index contributed by atoms with van der Waals surface area (Å²) in [5.41, 5.74) is 2.67. The number of likely N-dealkylation sites (N-methyl/N-ethyl adjacent to an activating group) is 1. The first-order chi connectivity index (χ1) is 14.7. The van der Waals surface area contributed by atoms with E-state index in [-0.39, 0.29) is 0 Å². The van der Waals surface area contributed by atoms with E-state index in [4.69, 9.17) is 16.0 Å². The molecule has 0 amide bonds. The molecule has 1 saturated heterocycles. The molecule has 1 N–H and O–H groups in total. The Morgan fingerprint density at radius 1 is 1.10 bits per heavy atom. The van der Waals surface area contributed by atoms with Crippen LogP contribution < -0.4 is 10.3 Å². The highest BCUT2D eigenvalue weighted by Gasteiger charge is 2.25. The highest BCUT2D eigenvalue weighted by molar-refractivity contribution is 7.90. The van der Waals surface area contributed by atoms with Crippen LogP contribution in [0.3, 0.4) is 0 Å². The molecule has 0 bridgehead atoms. The largest absolute Gasteiger partial charge is 0.423 e. The van der Waals surface area contributed by atoms with Crippen LogP contribution in [0.4, 0.5) is 5.69 Å². The summed E-state index contributed by atoms with van der Waals surface area (Å²) in [6.45, 7) is 4.16. The van der Waals surface area contributed by atoms with E-state index < -0.39 is 15.8 Å². The minimum absolute atomic E-state index is 0.320. The molecule has 164 valence electrons. The third kappa shape index (κ3) is 4.77. The number of aryl methyl sites for hydroxylation is 1. The van der Waals surface area contributed by atoms with Gasteiger partial charge < -0.3 is 9.32 Å². The topological polar surface area (TPSA) is 82.9 Å². The molecule has 1 aliphatic rings. The zero-order chi connectivity index (χ0) is 22.2. The Labute approximate surface area is 186 Å². The van der Waals surface area contributed by atoms with Crippen LogP contribution in [0, 0.1) is 6.92 Å². The van der Waals surface area contributed by atoms with E-state index in [0.29, 0.717) is 54.5 Å². The Kier molecular flexibility index (Phi) is 6.07. The Bertz CT molecular complexity index is 1280.